The first-order valence-electron chi connectivity index (χ1n) is 12.5. The highest BCUT2D eigenvalue weighted by molar-refractivity contribution is 6.64. The fourth-order valence-corrected chi connectivity index (χ4v) is 5.25. The Labute approximate surface area is 203 Å². The molecule has 1 N–H and O–H groups in total. The van der Waals surface area contributed by atoms with Crippen molar-refractivity contribution in [2.75, 3.05) is 52.9 Å². The summed E-state index contributed by atoms with van der Waals surface area (Å²) in [5.41, 5.74) is 2.03. The predicted molar refractivity (Wildman–Crippen MR) is 134 cm³/mol. The van der Waals surface area contributed by atoms with Crippen LogP contribution in [0.4, 0.5) is 5.69 Å². The Balaban J connectivity index is 1.31. The van der Waals surface area contributed by atoms with Crippen LogP contribution in [0.1, 0.15) is 56.7 Å². The van der Waals surface area contributed by atoms with Crippen LogP contribution in [0.15, 0.2) is 23.2 Å². The number of rotatable bonds is 11. The molecule has 1 atom stereocenters. The number of fused-ring (bicyclic) bond motifs is 1. The highest BCUT2D eigenvalue weighted by atomic mass is 35.5. The quantitative estimate of drug-likeness (QED) is 0.299. The van der Waals surface area contributed by atoms with Crippen molar-refractivity contribution in [3.05, 3.63) is 23.8 Å². The average molecular weight is 476 g/mol. The third-order valence-electron chi connectivity index (χ3n) is 7.05. The van der Waals surface area contributed by atoms with Crippen molar-refractivity contribution in [2.45, 2.75) is 57.2 Å². The molecule has 182 valence electrons. The molecule has 4 rings (SSSR count). The molecule has 33 heavy (non-hydrogen) atoms. The number of nitrogens with one attached hydrogen (secondary N) is 1. The number of amidine groups is 1. The number of aliphatic imine (C=N–C) groups is 1. The van der Waals surface area contributed by atoms with Gasteiger partial charge in [0.25, 0.3) is 0 Å². The predicted octanol–water partition coefficient (Wildman–Crippen LogP) is 3.75. The minimum absolute atomic E-state index is 0.000768. The lowest BCUT2D eigenvalue weighted by Crippen LogP contribution is -2.48. The first-order chi connectivity index (χ1) is 16.1. The number of hydrogen-bond acceptors (Lipinski definition) is 7. The van der Waals surface area contributed by atoms with E-state index in [1.165, 1.54) is 25.9 Å². The van der Waals surface area contributed by atoms with E-state index in [-0.39, 0.29) is 6.17 Å². The van der Waals surface area contributed by atoms with Gasteiger partial charge in [0.2, 0.25) is 0 Å². The maximum Gasteiger partial charge on any atom is 0.200 e. The summed E-state index contributed by atoms with van der Waals surface area (Å²) in [7, 11) is 1.99. The van der Waals surface area contributed by atoms with Gasteiger partial charge in [0, 0.05) is 37.7 Å². The molecule has 3 aliphatic heterocycles. The van der Waals surface area contributed by atoms with Crippen LogP contribution in [0.2, 0.25) is 0 Å². The molecule has 0 radical (unpaired) electrons. The van der Waals surface area contributed by atoms with E-state index in [0.29, 0.717) is 17.8 Å². The van der Waals surface area contributed by atoms with Crippen LogP contribution >= 0.6 is 11.6 Å². The number of likely N-dealkylation sites (tertiary alicyclic amines) is 2. The van der Waals surface area contributed by atoms with Crippen LogP contribution in [0.5, 0.6) is 5.75 Å². The standard InChI is InChI=1S/C25H38ClN5O2/c1-29-24(27-20-9-15-31(16-10-20)13-4-5-17-32)22-8-7-21(19-23(22)28-25(29)26)33-18-6-14-30-11-2-3-12-30/h7-8,17,19-20,24,27H,2-6,9-16,18H2,1H3. The summed E-state index contributed by atoms with van der Waals surface area (Å²) in [5, 5.41) is 4.31. The Kier molecular flexibility index (Phi) is 9.01. The Hall–Kier alpha value is -1.67. The molecule has 0 amide bonds. The molecular weight excluding hydrogens is 438 g/mol. The van der Waals surface area contributed by atoms with Crippen LogP contribution in [-0.2, 0) is 4.79 Å². The van der Waals surface area contributed by atoms with Crippen molar-refractivity contribution in [1.82, 2.24) is 20.0 Å². The first kappa shape index (κ1) is 24.5. The summed E-state index contributed by atoms with van der Waals surface area (Å²) < 4.78 is 6.03. The Morgan fingerprint density at radius 1 is 1.12 bits per heavy atom. The fraction of sp³-hybridized carbons (Fsp3) is 0.680. The van der Waals surface area contributed by atoms with Crippen LogP contribution in [0.25, 0.3) is 0 Å². The van der Waals surface area contributed by atoms with E-state index in [2.05, 4.69) is 32.2 Å². The summed E-state index contributed by atoms with van der Waals surface area (Å²) in [6.07, 6.45) is 8.51. The van der Waals surface area contributed by atoms with Crippen molar-refractivity contribution in [2.24, 2.45) is 4.99 Å². The second kappa shape index (κ2) is 12.2. The molecule has 2 fully saturated rings. The lowest BCUT2D eigenvalue weighted by molar-refractivity contribution is -0.108. The normalized spacial score (nSPS) is 22.3. The van der Waals surface area contributed by atoms with Crippen LogP contribution in [-0.4, -0.2) is 85.2 Å². The van der Waals surface area contributed by atoms with Crippen molar-refractivity contribution >= 4 is 28.9 Å². The molecule has 1 aromatic carbocycles. The molecule has 0 aliphatic carbocycles. The van der Waals surface area contributed by atoms with E-state index in [9.17, 15) is 4.79 Å². The lowest BCUT2D eigenvalue weighted by Gasteiger charge is -2.39. The molecule has 1 unspecified atom stereocenters. The molecule has 0 bridgehead atoms. The summed E-state index contributed by atoms with van der Waals surface area (Å²) in [6, 6.07) is 6.63. The second-order valence-electron chi connectivity index (χ2n) is 9.46. The van der Waals surface area contributed by atoms with E-state index >= 15 is 0 Å². The number of halogens is 1. The summed E-state index contributed by atoms with van der Waals surface area (Å²) in [6.45, 7) is 7.43. The number of piperidine rings is 1. The molecule has 0 aromatic heterocycles. The Morgan fingerprint density at radius 3 is 2.61 bits per heavy atom. The van der Waals surface area contributed by atoms with Gasteiger partial charge in [0.15, 0.2) is 5.29 Å². The van der Waals surface area contributed by atoms with Gasteiger partial charge in [-0.2, -0.15) is 0 Å². The van der Waals surface area contributed by atoms with Crippen molar-refractivity contribution < 1.29 is 9.53 Å². The van der Waals surface area contributed by atoms with Crippen LogP contribution in [0, 0.1) is 0 Å². The Morgan fingerprint density at radius 2 is 1.85 bits per heavy atom. The number of benzene rings is 1. The molecular formula is C25H38ClN5O2. The van der Waals surface area contributed by atoms with Gasteiger partial charge in [-0.3, -0.25) is 5.32 Å². The van der Waals surface area contributed by atoms with Gasteiger partial charge in [-0.15, -0.1) is 0 Å². The largest absolute Gasteiger partial charge is 0.493 e. The topological polar surface area (TPSA) is 60.4 Å². The third-order valence-corrected chi connectivity index (χ3v) is 7.40. The smallest absolute Gasteiger partial charge is 0.200 e. The second-order valence-corrected chi connectivity index (χ2v) is 9.80. The van der Waals surface area contributed by atoms with Gasteiger partial charge >= 0.3 is 0 Å². The maximum absolute atomic E-state index is 10.6. The van der Waals surface area contributed by atoms with Crippen molar-refractivity contribution in [3.8, 4) is 5.75 Å². The Bertz CT molecular complexity index is 806. The molecule has 1 aromatic rings. The number of unbranched alkanes of at least 4 members (excludes halogenated alkanes) is 1. The first-order valence-corrected chi connectivity index (χ1v) is 12.9. The van der Waals surface area contributed by atoms with Crippen LogP contribution in [0.3, 0.4) is 0 Å². The maximum atomic E-state index is 10.6. The van der Waals surface area contributed by atoms with E-state index in [1.54, 1.807) is 0 Å². The minimum Gasteiger partial charge on any atom is -0.493 e. The summed E-state index contributed by atoms with van der Waals surface area (Å²) in [5.74, 6) is 0.857. The van der Waals surface area contributed by atoms with E-state index < -0.39 is 0 Å². The van der Waals surface area contributed by atoms with Gasteiger partial charge in [-0.1, -0.05) is 0 Å². The average Bonchev–Trinajstić information content (AvgIpc) is 3.34. The monoisotopic (exact) mass is 475 g/mol. The number of carbonyl (C=O) groups excluding carboxylic acids is 1. The van der Waals surface area contributed by atoms with E-state index in [4.69, 9.17) is 16.3 Å². The zero-order valence-electron chi connectivity index (χ0n) is 19.8. The van der Waals surface area contributed by atoms with Crippen molar-refractivity contribution in [3.63, 3.8) is 0 Å². The molecule has 7 nitrogen and oxygen atoms in total. The molecule has 0 saturated carbocycles. The highest BCUT2D eigenvalue weighted by Crippen LogP contribution is 2.36. The molecule has 8 heteroatoms. The number of ether oxygens (including phenoxy) is 1. The van der Waals surface area contributed by atoms with E-state index in [0.717, 1.165) is 81.8 Å². The SMILES string of the molecule is CN1C(Cl)=Nc2cc(OCCCN3CCCC3)ccc2C1NC1CCN(CCCC=O)CC1. The van der Waals surface area contributed by atoms with Gasteiger partial charge in [-0.05, 0) is 95.0 Å². The van der Waals surface area contributed by atoms with Gasteiger partial charge in [-0.25, -0.2) is 4.99 Å². The highest BCUT2D eigenvalue weighted by Gasteiger charge is 2.30. The zero-order valence-corrected chi connectivity index (χ0v) is 20.6. The zero-order chi connectivity index (χ0) is 23.0. The number of aldehydes is 1. The van der Waals surface area contributed by atoms with Gasteiger partial charge < -0.3 is 24.2 Å². The molecule has 0 spiro atoms. The molecule has 3 aliphatic rings. The van der Waals surface area contributed by atoms with Gasteiger partial charge in [0.05, 0.1) is 12.3 Å². The summed E-state index contributed by atoms with van der Waals surface area (Å²) in [4.78, 5) is 22.2. The lowest BCUT2D eigenvalue weighted by atomic mass is 10.0. The molecule has 2 saturated heterocycles. The number of carbonyl (C=O) groups is 1. The minimum atomic E-state index is 0.000768. The number of hydrogen-bond donors (Lipinski definition) is 1. The summed E-state index contributed by atoms with van der Waals surface area (Å²) >= 11 is 6.51. The van der Waals surface area contributed by atoms with E-state index in [1.807, 2.05) is 18.0 Å². The van der Waals surface area contributed by atoms with Gasteiger partial charge in [0.1, 0.15) is 18.2 Å². The third kappa shape index (κ3) is 6.69. The number of nitrogens with zero attached hydrogens (tertiary/aromatic N) is 4. The fourth-order valence-electron chi connectivity index (χ4n) is 5.07. The molecule has 3 heterocycles. The van der Waals surface area contributed by atoms with Crippen molar-refractivity contribution in [1.29, 1.82) is 0 Å². The van der Waals surface area contributed by atoms with Crippen LogP contribution < -0.4 is 10.1 Å².